The zero-order chi connectivity index (χ0) is 12.4. The van der Waals surface area contributed by atoms with Gasteiger partial charge in [-0.15, -0.1) is 0 Å². The van der Waals surface area contributed by atoms with E-state index >= 15 is 0 Å². The lowest BCUT2D eigenvalue weighted by Crippen LogP contribution is -2.39. The van der Waals surface area contributed by atoms with Crippen LogP contribution in [0.2, 0.25) is 11.6 Å². The molecule has 1 saturated heterocycles. The third-order valence-corrected chi connectivity index (χ3v) is 8.59. The molecule has 4 heteroatoms. The van der Waals surface area contributed by atoms with Gasteiger partial charge >= 0.3 is 0 Å². The minimum atomic E-state index is -0.853. The summed E-state index contributed by atoms with van der Waals surface area (Å²) < 4.78 is 16.8. The van der Waals surface area contributed by atoms with E-state index in [-0.39, 0.29) is 6.29 Å². The molecule has 3 nitrogen and oxygen atoms in total. The normalized spacial score (nSPS) is 37.1. The fourth-order valence-corrected chi connectivity index (χ4v) is 7.09. The van der Waals surface area contributed by atoms with Crippen LogP contribution in [0.15, 0.2) is 0 Å². The first kappa shape index (κ1) is 13.5. The highest BCUT2D eigenvalue weighted by Gasteiger charge is 2.46. The molecular formula is C13H26O3Si. The monoisotopic (exact) mass is 258 g/mol. The van der Waals surface area contributed by atoms with Crippen molar-refractivity contribution in [3.05, 3.63) is 0 Å². The Morgan fingerprint density at radius 1 is 1.29 bits per heavy atom. The second-order valence-corrected chi connectivity index (χ2v) is 9.53. The van der Waals surface area contributed by atoms with Crippen molar-refractivity contribution in [3.63, 3.8) is 0 Å². The minimum Gasteiger partial charge on any atom is -0.370 e. The highest BCUT2D eigenvalue weighted by molar-refractivity contribution is 6.61. The molecule has 17 heavy (non-hydrogen) atoms. The molecule has 1 heterocycles. The van der Waals surface area contributed by atoms with Crippen LogP contribution in [-0.4, -0.2) is 40.1 Å². The van der Waals surface area contributed by atoms with E-state index < -0.39 is 8.80 Å². The van der Waals surface area contributed by atoms with Crippen molar-refractivity contribution in [2.45, 2.75) is 75.8 Å². The molecule has 0 amide bonds. The highest BCUT2D eigenvalue weighted by Crippen LogP contribution is 2.44. The molecule has 2 rings (SSSR count). The van der Waals surface area contributed by atoms with E-state index in [4.69, 9.17) is 14.2 Å². The first-order valence-corrected chi connectivity index (χ1v) is 9.14. The standard InChI is InChI=1S/C13H26O3Si/c1-5-17(10(3)15-9(2)14-4)11-6-7-12-13(8-11)16-12/h9-13,17H,5-8H2,1-4H3. The first-order chi connectivity index (χ1) is 8.15. The maximum atomic E-state index is 5.95. The van der Waals surface area contributed by atoms with Gasteiger partial charge in [-0.3, -0.25) is 0 Å². The van der Waals surface area contributed by atoms with Gasteiger partial charge < -0.3 is 14.2 Å². The SMILES string of the molecule is CC[SiH](C1CCC2OC2C1)C(C)OC(C)OC. The average Bonchev–Trinajstić information content (AvgIpc) is 3.08. The summed E-state index contributed by atoms with van der Waals surface area (Å²) in [5, 5.41) is 0. The van der Waals surface area contributed by atoms with Gasteiger partial charge in [-0.1, -0.05) is 19.4 Å². The maximum Gasteiger partial charge on any atom is 0.154 e. The number of ether oxygens (including phenoxy) is 3. The van der Waals surface area contributed by atoms with E-state index in [9.17, 15) is 0 Å². The third-order valence-electron chi connectivity index (χ3n) is 4.46. The third kappa shape index (κ3) is 3.31. The lowest BCUT2D eigenvalue weighted by molar-refractivity contribution is -0.120. The molecule has 1 aliphatic heterocycles. The van der Waals surface area contributed by atoms with Crippen molar-refractivity contribution in [2.24, 2.45) is 0 Å². The Morgan fingerprint density at radius 2 is 2.06 bits per heavy atom. The zero-order valence-corrected chi connectivity index (χ0v) is 12.7. The summed E-state index contributed by atoms with van der Waals surface area (Å²) in [5.74, 6) is 0. The molecule has 0 aromatic heterocycles. The Labute approximate surface area is 106 Å². The van der Waals surface area contributed by atoms with Crippen molar-refractivity contribution >= 4 is 8.80 Å². The van der Waals surface area contributed by atoms with Gasteiger partial charge in [0.25, 0.3) is 0 Å². The zero-order valence-electron chi connectivity index (χ0n) is 11.5. The van der Waals surface area contributed by atoms with Crippen LogP contribution in [0.25, 0.3) is 0 Å². The van der Waals surface area contributed by atoms with Gasteiger partial charge in [-0.25, -0.2) is 0 Å². The van der Waals surface area contributed by atoms with Gasteiger partial charge in [0.05, 0.1) is 21.0 Å². The van der Waals surface area contributed by atoms with Gasteiger partial charge in [0.1, 0.15) is 0 Å². The molecule has 0 spiro atoms. The summed E-state index contributed by atoms with van der Waals surface area (Å²) in [6, 6.07) is 1.32. The summed E-state index contributed by atoms with van der Waals surface area (Å²) in [6.45, 7) is 6.56. The predicted octanol–water partition coefficient (Wildman–Crippen LogP) is 2.49. The Hall–Kier alpha value is 0.0969. The van der Waals surface area contributed by atoms with Crippen LogP contribution in [0.3, 0.4) is 0 Å². The number of hydrogen-bond acceptors (Lipinski definition) is 3. The summed E-state index contributed by atoms with van der Waals surface area (Å²) in [6.07, 6.45) is 5.09. The number of epoxide rings is 1. The smallest absolute Gasteiger partial charge is 0.154 e. The second-order valence-electron chi connectivity index (χ2n) is 5.50. The van der Waals surface area contributed by atoms with Crippen molar-refractivity contribution in [2.75, 3.05) is 7.11 Å². The van der Waals surface area contributed by atoms with Crippen LogP contribution in [0.1, 0.15) is 40.0 Å². The number of rotatable bonds is 6. The lowest BCUT2D eigenvalue weighted by Gasteiger charge is -2.32. The Balaban J connectivity index is 1.85. The lowest BCUT2D eigenvalue weighted by atomic mass is 10.0. The van der Waals surface area contributed by atoms with Crippen LogP contribution in [-0.2, 0) is 14.2 Å². The maximum absolute atomic E-state index is 5.95. The van der Waals surface area contributed by atoms with Gasteiger partial charge in [0.2, 0.25) is 0 Å². The summed E-state index contributed by atoms with van der Waals surface area (Å²) >= 11 is 0. The molecule has 0 N–H and O–H groups in total. The Kier molecular flexibility index (Phi) is 4.63. The summed E-state index contributed by atoms with van der Waals surface area (Å²) in [7, 11) is 0.859. The van der Waals surface area contributed by atoms with E-state index in [2.05, 4.69) is 13.8 Å². The fourth-order valence-electron chi connectivity index (χ4n) is 3.33. The summed E-state index contributed by atoms with van der Waals surface area (Å²) in [5.41, 5.74) is 1.32. The first-order valence-electron chi connectivity index (χ1n) is 6.99. The predicted molar refractivity (Wildman–Crippen MR) is 70.9 cm³/mol. The molecule has 100 valence electrons. The van der Waals surface area contributed by atoms with Gasteiger partial charge in [-0.05, 0) is 32.2 Å². The van der Waals surface area contributed by atoms with Crippen molar-refractivity contribution in [1.29, 1.82) is 0 Å². The van der Waals surface area contributed by atoms with E-state index in [1.165, 1.54) is 25.3 Å². The molecule has 0 aromatic carbocycles. The molecule has 2 aliphatic rings. The van der Waals surface area contributed by atoms with Gasteiger partial charge in [-0.2, -0.15) is 0 Å². The molecule has 0 bridgehead atoms. The Bertz CT molecular complexity index is 249. The van der Waals surface area contributed by atoms with Crippen LogP contribution < -0.4 is 0 Å². The minimum absolute atomic E-state index is 0.0694. The van der Waals surface area contributed by atoms with Crippen LogP contribution in [0.4, 0.5) is 0 Å². The van der Waals surface area contributed by atoms with E-state index in [0.29, 0.717) is 17.9 Å². The summed E-state index contributed by atoms with van der Waals surface area (Å²) in [4.78, 5) is 0. The molecule has 0 aromatic rings. The van der Waals surface area contributed by atoms with E-state index in [0.717, 1.165) is 5.54 Å². The number of hydrogen-bond donors (Lipinski definition) is 0. The molecular weight excluding hydrogens is 232 g/mol. The van der Waals surface area contributed by atoms with E-state index in [1.54, 1.807) is 7.11 Å². The Morgan fingerprint density at radius 3 is 2.65 bits per heavy atom. The largest absolute Gasteiger partial charge is 0.370 e. The van der Waals surface area contributed by atoms with Gasteiger partial charge in [0, 0.05) is 12.8 Å². The fraction of sp³-hybridized carbons (Fsp3) is 1.00. The molecule has 6 atom stereocenters. The molecule has 2 fully saturated rings. The highest BCUT2D eigenvalue weighted by atomic mass is 28.3. The van der Waals surface area contributed by atoms with E-state index in [1.807, 2.05) is 6.92 Å². The average molecular weight is 258 g/mol. The van der Waals surface area contributed by atoms with Crippen LogP contribution in [0.5, 0.6) is 0 Å². The van der Waals surface area contributed by atoms with Crippen LogP contribution in [0, 0.1) is 0 Å². The van der Waals surface area contributed by atoms with Crippen molar-refractivity contribution in [1.82, 2.24) is 0 Å². The molecule has 6 unspecified atom stereocenters. The van der Waals surface area contributed by atoms with Crippen LogP contribution >= 0.6 is 0 Å². The molecule has 1 saturated carbocycles. The second kappa shape index (κ2) is 5.82. The van der Waals surface area contributed by atoms with Crippen molar-refractivity contribution < 1.29 is 14.2 Å². The molecule has 1 aliphatic carbocycles. The van der Waals surface area contributed by atoms with Gasteiger partial charge in [0.15, 0.2) is 6.29 Å². The quantitative estimate of drug-likeness (QED) is 0.417. The topological polar surface area (TPSA) is 31.0 Å². The molecule has 0 radical (unpaired) electrons. The van der Waals surface area contributed by atoms with Crippen molar-refractivity contribution in [3.8, 4) is 0 Å². The number of methoxy groups -OCH3 is 1. The number of fused-ring (bicyclic) bond motifs is 1.